The van der Waals surface area contributed by atoms with Gasteiger partial charge in [-0.25, -0.2) is 0 Å². The smallest absolute Gasteiger partial charge is 0.244 e. The molecule has 0 radical (unpaired) electrons. The highest BCUT2D eigenvalue weighted by Gasteiger charge is 2.20. The number of benzene rings is 2. The zero-order valence-corrected chi connectivity index (χ0v) is 15.1. The van der Waals surface area contributed by atoms with Crippen LogP contribution in [0.4, 0.5) is 5.69 Å². The molecule has 2 aromatic rings. The van der Waals surface area contributed by atoms with Gasteiger partial charge in [0.15, 0.2) is 0 Å². The molecule has 0 fully saturated rings. The first-order valence-electron chi connectivity index (χ1n) is 6.15. The van der Waals surface area contributed by atoms with Crippen LogP contribution >= 0.6 is 43.5 Å². The number of anilines is 1. The summed E-state index contributed by atoms with van der Waals surface area (Å²) in [5.74, 6) is -0.453. The Bertz CT molecular complexity index is 691. The van der Waals surface area contributed by atoms with Gasteiger partial charge < -0.3 is 11.1 Å². The molecule has 0 aliphatic heterocycles. The fraction of sp³-hybridized carbons (Fsp3) is 0.133. The van der Waals surface area contributed by atoms with Gasteiger partial charge in [0.1, 0.15) is 6.04 Å². The van der Waals surface area contributed by atoms with E-state index >= 15 is 0 Å². The Kier molecular flexibility index (Phi) is 5.30. The van der Waals surface area contributed by atoms with Gasteiger partial charge in [0.25, 0.3) is 0 Å². The molecular weight excluding hydrogens is 419 g/mol. The van der Waals surface area contributed by atoms with Crippen molar-refractivity contribution < 1.29 is 4.79 Å². The second-order valence-corrected chi connectivity index (χ2v) is 6.75. The van der Waals surface area contributed by atoms with Gasteiger partial charge in [0.05, 0.1) is 5.02 Å². The summed E-state index contributed by atoms with van der Waals surface area (Å²) in [5.41, 5.74) is 8.17. The summed E-state index contributed by atoms with van der Waals surface area (Å²) in [7, 11) is 0. The van der Waals surface area contributed by atoms with Crippen molar-refractivity contribution >= 4 is 55.1 Å². The van der Waals surface area contributed by atoms with Crippen molar-refractivity contribution in [2.45, 2.75) is 13.0 Å². The Labute approximate surface area is 145 Å². The highest BCUT2D eigenvalue weighted by molar-refractivity contribution is 9.10. The van der Waals surface area contributed by atoms with Crippen molar-refractivity contribution in [2.75, 3.05) is 5.32 Å². The van der Waals surface area contributed by atoms with E-state index in [2.05, 4.69) is 37.2 Å². The summed E-state index contributed by atoms with van der Waals surface area (Å²) in [4.78, 5) is 11.8. The summed E-state index contributed by atoms with van der Waals surface area (Å²) >= 11 is 12.8. The molecule has 1 atom stereocenters. The Hall–Kier alpha value is -1.04. The number of hydrogen-bond acceptors (Lipinski definition) is 2. The number of carbonyl (C=O) groups excluding carboxylic acids is 1. The standard InChI is InChI=1S/C15H13Br2ClN2O/c1-8-2-4-10(11(16)6-8)14(15(19)21)20-9-3-5-13(18)12(17)7-9/h2-7,14,20H,1H3,(H2,19,21). The van der Waals surface area contributed by atoms with E-state index in [9.17, 15) is 4.79 Å². The second-order valence-electron chi connectivity index (χ2n) is 4.63. The van der Waals surface area contributed by atoms with Crippen LogP contribution in [0.2, 0.25) is 5.02 Å². The molecule has 0 aliphatic rings. The van der Waals surface area contributed by atoms with Gasteiger partial charge >= 0.3 is 0 Å². The van der Waals surface area contributed by atoms with Crippen molar-refractivity contribution in [3.63, 3.8) is 0 Å². The van der Waals surface area contributed by atoms with Crippen LogP contribution in [0.3, 0.4) is 0 Å². The van der Waals surface area contributed by atoms with Crippen molar-refractivity contribution in [3.05, 3.63) is 61.5 Å². The molecule has 6 heteroatoms. The quantitative estimate of drug-likeness (QED) is 0.728. The van der Waals surface area contributed by atoms with E-state index in [1.54, 1.807) is 18.2 Å². The van der Waals surface area contributed by atoms with Crippen LogP contribution in [-0.4, -0.2) is 5.91 Å². The van der Waals surface area contributed by atoms with E-state index in [0.29, 0.717) is 5.02 Å². The molecule has 110 valence electrons. The third-order valence-electron chi connectivity index (χ3n) is 2.98. The maximum atomic E-state index is 11.8. The largest absolute Gasteiger partial charge is 0.370 e. The predicted octanol–water partition coefficient (Wildman–Crippen LogP) is 4.81. The van der Waals surface area contributed by atoms with Crippen LogP contribution in [0.1, 0.15) is 17.2 Å². The lowest BCUT2D eigenvalue weighted by Gasteiger charge is -2.19. The predicted molar refractivity (Wildman–Crippen MR) is 93.6 cm³/mol. The number of amides is 1. The number of aryl methyl sites for hydroxylation is 1. The minimum Gasteiger partial charge on any atom is -0.370 e. The summed E-state index contributed by atoms with van der Waals surface area (Å²) in [5, 5.41) is 3.73. The lowest BCUT2D eigenvalue weighted by atomic mass is 10.0. The first kappa shape index (κ1) is 16.3. The Morgan fingerprint density at radius 2 is 1.90 bits per heavy atom. The normalized spacial score (nSPS) is 12.0. The second kappa shape index (κ2) is 6.81. The number of primary amides is 1. The number of nitrogens with two attached hydrogens (primary N) is 1. The van der Waals surface area contributed by atoms with Crippen LogP contribution in [-0.2, 0) is 4.79 Å². The zero-order chi connectivity index (χ0) is 15.6. The third-order valence-corrected chi connectivity index (χ3v) is 4.88. The van der Waals surface area contributed by atoms with Crippen molar-refractivity contribution in [1.82, 2.24) is 0 Å². The van der Waals surface area contributed by atoms with E-state index in [1.165, 1.54) is 0 Å². The molecular formula is C15H13Br2ClN2O. The molecule has 0 aliphatic carbocycles. The molecule has 0 saturated carbocycles. The summed E-state index contributed by atoms with van der Waals surface area (Å²) < 4.78 is 1.59. The number of nitrogens with one attached hydrogen (secondary N) is 1. The Morgan fingerprint density at radius 1 is 1.19 bits per heavy atom. The summed E-state index contributed by atoms with van der Waals surface area (Å²) in [6, 6.07) is 10.5. The molecule has 0 saturated heterocycles. The van der Waals surface area contributed by atoms with Crippen LogP contribution in [0, 0.1) is 6.92 Å². The van der Waals surface area contributed by atoms with Gasteiger partial charge in [0, 0.05) is 14.6 Å². The average molecular weight is 433 g/mol. The number of rotatable bonds is 4. The molecule has 1 amide bonds. The fourth-order valence-electron chi connectivity index (χ4n) is 1.92. The molecule has 0 spiro atoms. The Morgan fingerprint density at radius 3 is 2.48 bits per heavy atom. The topological polar surface area (TPSA) is 55.1 Å². The molecule has 1 unspecified atom stereocenters. The third kappa shape index (κ3) is 3.99. The van der Waals surface area contributed by atoms with Gasteiger partial charge in [-0.2, -0.15) is 0 Å². The first-order valence-corrected chi connectivity index (χ1v) is 8.12. The minimum atomic E-state index is -0.631. The molecule has 21 heavy (non-hydrogen) atoms. The highest BCUT2D eigenvalue weighted by Crippen LogP contribution is 2.30. The number of carbonyl (C=O) groups is 1. The molecule has 3 nitrogen and oxygen atoms in total. The van der Waals surface area contributed by atoms with Crippen LogP contribution in [0.25, 0.3) is 0 Å². The molecule has 0 bridgehead atoms. The summed E-state index contributed by atoms with van der Waals surface area (Å²) in [6.45, 7) is 1.98. The van der Waals surface area contributed by atoms with Crippen molar-refractivity contribution in [3.8, 4) is 0 Å². The fourth-order valence-corrected chi connectivity index (χ4v) is 3.14. The molecule has 3 N–H and O–H groups in total. The molecule has 2 aromatic carbocycles. The number of halogens is 3. The van der Waals surface area contributed by atoms with Gasteiger partial charge in [-0.1, -0.05) is 39.7 Å². The molecule has 2 rings (SSSR count). The molecule has 0 heterocycles. The Balaban J connectivity index is 2.35. The summed E-state index contributed by atoms with van der Waals surface area (Å²) in [6.07, 6.45) is 0. The highest BCUT2D eigenvalue weighted by atomic mass is 79.9. The van der Waals surface area contributed by atoms with Gasteiger partial charge in [-0.15, -0.1) is 0 Å². The van der Waals surface area contributed by atoms with Crippen molar-refractivity contribution in [1.29, 1.82) is 0 Å². The van der Waals surface area contributed by atoms with E-state index in [1.807, 2.05) is 25.1 Å². The SMILES string of the molecule is Cc1ccc(C(Nc2ccc(Cl)c(Br)c2)C(N)=O)c(Br)c1. The van der Waals surface area contributed by atoms with Crippen LogP contribution in [0.15, 0.2) is 45.3 Å². The minimum absolute atomic E-state index is 0.453. The van der Waals surface area contributed by atoms with E-state index in [-0.39, 0.29) is 0 Å². The van der Waals surface area contributed by atoms with Gasteiger partial charge in [-0.05, 0) is 58.2 Å². The monoisotopic (exact) mass is 430 g/mol. The van der Waals surface area contributed by atoms with Crippen LogP contribution < -0.4 is 11.1 Å². The lowest BCUT2D eigenvalue weighted by Crippen LogP contribution is -2.28. The van der Waals surface area contributed by atoms with E-state index < -0.39 is 11.9 Å². The van der Waals surface area contributed by atoms with E-state index in [4.69, 9.17) is 17.3 Å². The zero-order valence-electron chi connectivity index (χ0n) is 11.2. The van der Waals surface area contributed by atoms with Crippen molar-refractivity contribution in [2.24, 2.45) is 5.73 Å². The van der Waals surface area contributed by atoms with Gasteiger partial charge in [-0.3, -0.25) is 4.79 Å². The maximum absolute atomic E-state index is 11.8. The van der Waals surface area contributed by atoms with E-state index in [0.717, 1.165) is 25.8 Å². The van der Waals surface area contributed by atoms with Gasteiger partial charge in [0.2, 0.25) is 5.91 Å². The molecule has 0 aromatic heterocycles. The first-order chi connectivity index (χ1) is 9.88. The average Bonchev–Trinajstić information content (AvgIpc) is 2.40. The van der Waals surface area contributed by atoms with Crippen LogP contribution in [0.5, 0.6) is 0 Å². The number of hydrogen-bond donors (Lipinski definition) is 2. The maximum Gasteiger partial charge on any atom is 0.244 e. The lowest BCUT2D eigenvalue weighted by molar-refractivity contribution is -0.118.